The van der Waals surface area contributed by atoms with E-state index in [2.05, 4.69) is 58.3 Å². The Morgan fingerprint density at radius 1 is 0.923 bits per heavy atom. The van der Waals surface area contributed by atoms with E-state index in [9.17, 15) is 4.79 Å². The van der Waals surface area contributed by atoms with E-state index in [0.29, 0.717) is 62.1 Å². The average molecular weight is 540 g/mol. The van der Waals surface area contributed by atoms with Gasteiger partial charge in [0.05, 0.1) is 23.9 Å². The number of rotatable bonds is 7. The summed E-state index contributed by atoms with van der Waals surface area (Å²) in [5, 5.41) is 3.99. The van der Waals surface area contributed by atoms with Gasteiger partial charge in [-0.25, -0.2) is 4.98 Å². The van der Waals surface area contributed by atoms with E-state index in [4.69, 9.17) is 20.4 Å². The highest BCUT2D eigenvalue weighted by Gasteiger charge is 2.41. The van der Waals surface area contributed by atoms with Crippen LogP contribution in [0.3, 0.4) is 0 Å². The molecule has 2 aromatic heterocycles. The van der Waals surface area contributed by atoms with Gasteiger partial charge in [0.15, 0.2) is 5.65 Å². The lowest BCUT2D eigenvalue weighted by Gasteiger charge is -2.38. The number of methoxy groups -OCH3 is 1. The van der Waals surface area contributed by atoms with Gasteiger partial charge in [0.25, 0.3) is 5.56 Å². The van der Waals surface area contributed by atoms with Gasteiger partial charge in [-0.1, -0.05) is 65.7 Å². The maximum absolute atomic E-state index is 13.2. The number of nitrogen functional groups attached to an aromatic ring is 1. The van der Waals surface area contributed by atoms with Gasteiger partial charge in [-0.2, -0.15) is 4.98 Å². The van der Waals surface area contributed by atoms with E-state index >= 15 is 0 Å². The van der Waals surface area contributed by atoms with Crippen LogP contribution in [-0.2, 0) is 0 Å². The number of para-hydroxylation sites is 2. The minimum atomic E-state index is -2.05. The zero-order valence-electron chi connectivity index (χ0n) is 23.7. The SMILES string of the molecule is COc1ccccc1Nc1nc(C#C[Si](C(C)C)(C(C)C)C(C)C)c2ccc(=O)n(-c3cccc(N)c3)c2n1. The summed E-state index contributed by atoms with van der Waals surface area (Å²) in [7, 11) is -0.432. The molecule has 0 aliphatic carbocycles. The zero-order valence-corrected chi connectivity index (χ0v) is 24.7. The summed E-state index contributed by atoms with van der Waals surface area (Å²) in [6.45, 7) is 13.7. The van der Waals surface area contributed by atoms with Crippen molar-refractivity contribution in [2.45, 2.75) is 58.2 Å². The van der Waals surface area contributed by atoms with Gasteiger partial charge in [-0.05, 0) is 53.0 Å². The molecule has 0 fully saturated rings. The average Bonchev–Trinajstić information content (AvgIpc) is 2.88. The molecule has 0 bridgehead atoms. The third kappa shape index (κ3) is 5.41. The maximum atomic E-state index is 13.2. The van der Waals surface area contributed by atoms with Crippen molar-refractivity contribution >= 4 is 36.4 Å². The zero-order chi connectivity index (χ0) is 28.3. The van der Waals surface area contributed by atoms with E-state index in [1.165, 1.54) is 6.07 Å². The van der Waals surface area contributed by atoms with E-state index in [1.807, 2.05) is 36.4 Å². The monoisotopic (exact) mass is 539 g/mol. The number of nitrogens with two attached hydrogens (primary N) is 1. The van der Waals surface area contributed by atoms with Crippen LogP contribution in [-0.4, -0.2) is 29.7 Å². The van der Waals surface area contributed by atoms with Crippen molar-refractivity contribution in [3.63, 3.8) is 0 Å². The summed E-state index contributed by atoms with van der Waals surface area (Å²) in [6.07, 6.45) is 0. The van der Waals surface area contributed by atoms with Crippen LogP contribution < -0.4 is 21.3 Å². The number of ether oxygens (including phenoxy) is 1. The van der Waals surface area contributed by atoms with Crippen LogP contribution in [0.25, 0.3) is 16.7 Å². The Balaban J connectivity index is 2.03. The Hall–Kier alpha value is -4.09. The third-order valence-corrected chi connectivity index (χ3v) is 13.8. The lowest BCUT2D eigenvalue weighted by Crippen LogP contribution is -2.43. The molecule has 0 aliphatic rings. The Labute approximate surface area is 231 Å². The van der Waals surface area contributed by atoms with Crippen LogP contribution in [0.15, 0.2) is 65.5 Å². The normalized spacial score (nSPS) is 11.6. The molecule has 7 nitrogen and oxygen atoms in total. The fourth-order valence-corrected chi connectivity index (χ4v) is 10.8. The third-order valence-electron chi connectivity index (χ3n) is 7.50. The van der Waals surface area contributed by atoms with Gasteiger partial charge in [0, 0.05) is 11.8 Å². The van der Waals surface area contributed by atoms with E-state index < -0.39 is 8.07 Å². The number of nitrogens with one attached hydrogen (secondary N) is 1. The minimum absolute atomic E-state index is 0.218. The number of pyridine rings is 1. The van der Waals surface area contributed by atoms with Gasteiger partial charge in [0.1, 0.15) is 19.5 Å². The molecule has 2 heterocycles. The summed E-state index contributed by atoms with van der Waals surface area (Å²) >= 11 is 0. The van der Waals surface area contributed by atoms with Crippen molar-refractivity contribution in [2.75, 3.05) is 18.2 Å². The predicted octanol–water partition coefficient (Wildman–Crippen LogP) is 6.68. The fraction of sp³-hybridized carbons (Fsp3) is 0.323. The second-order valence-electron chi connectivity index (χ2n) is 10.7. The fourth-order valence-electron chi connectivity index (χ4n) is 5.65. The Kier molecular flexibility index (Phi) is 8.12. The van der Waals surface area contributed by atoms with Gasteiger partial charge in [0.2, 0.25) is 5.95 Å². The quantitative estimate of drug-likeness (QED) is 0.154. The van der Waals surface area contributed by atoms with E-state index in [-0.39, 0.29) is 5.56 Å². The molecule has 39 heavy (non-hydrogen) atoms. The molecule has 0 radical (unpaired) electrons. The van der Waals surface area contributed by atoms with Gasteiger partial charge < -0.3 is 15.8 Å². The molecule has 0 saturated heterocycles. The van der Waals surface area contributed by atoms with E-state index in [0.717, 1.165) is 0 Å². The maximum Gasteiger partial charge on any atom is 0.256 e. The molecule has 4 rings (SSSR count). The molecule has 0 saturated carbocycles. The molecule has 0 aliphatic heterocycles. The summed E-state index contributed by atoms with van der Waals surface area (Å²) < 4.78 is 7.08. The summed E-state index contributed by atoms with van der Waals surface area (Å²) in [4.78, 5) is 22.9. The molecule has 4 aromatic rings. The van der Waals surface area contributed by atoms with Gasteiger partial charge in [-0.15, -0.1) is 5.54 Å². The Bertz CT molecular complexity index is 1590. The Morgan fingerprint density at radius 2 is 1.62 bits per heavy atom. The number of anilines is 3. The predicted molar refractivity (Wildman–Crippen MR) is 164 cm³/mol. The molecule has 2 aromatic carbocycles. The molecule has 0 atom stereocenters. The first-order valence-corrected chi connectivity index (χ1v) is 15.5. The standard InChI is InChI=1S/C31H37N5O2Si/c1-20(2)39(21(3)4,22(5)6)18-17-26-25-15-16-29(37)36(24-12-10-11-23(32)19-24)30(25)35-31(33-26)34-27-13-8-9-14-28(27)38-7/h8-16,19-22H,32H2,1-7H3,(H,33,34,35). The number of hydrogen-bond donors (Lipinski definition) is 2. The highest BCUT2D eigenvalue weighted by molar-refractivity contribution is 6.90. The number of fused-ring (bicyclic) bond motifs is 1. The summed E-state index contributed by atoms with van der Waals surface area (Å²) in [6, 6.07) is 18.1. The molecular formula is C31H37N5O2Si. The highest BCUT2D eigenvalue weighted by atomic mass is 28.3. The first-order valence-electron chi connectivity index (χ1n) is 13.3. The number of benzene rings is 2. The van der Waals surface area contributed by atoms with Crippen LogP contribution in [0.4, 0.5) is 17.3 Å². The van der Waals surface area contributed by atoms with Gasteiger partial charge in [-0.3, -0.25) is 9.36 Å². The lowest BCUT2D eigenvalue weighted by molar-refractivity contribution is 0.417. The topological polar surface area (TPSA) is 95.1 Å². The molecule has 0 amide bonds. The number of hydrogen-bond acceptors (Lipinski definition) is 6. The first-order chi connectivity index (χ1) is 18.6. The molecule has 202 valence electrons. The Morgan fingerprint density at radius 3 is 2.26 bits per heavy atom. The molecule has 0 spiro atoms. The van der Waals surface area contributed by atoms with Crippen molar-refractivity contribution in [2.24, 2.45) is 0 Å². The first kappa shape index (κ1) is 27.9. The van der Waals surface area contributed by atoms with Crippen molar-refractivity contribution < 1.29 is 4.74 Å². The largest absolute Gasteiger partial charge is 0.495 e. The van der Waals surface area contributed by atoms with Crippen LogP contribution in [0.1, 0.15) is 47.2 Å². The van der Waals surface area contributed by atoms with Crippen LogP contribution in [0.5, 0.6) is 5.75 Å². The smallest absolute Gasteiger partial charge is 0.256 e. The summed E-state index contributed by atoms with van der Waals surface area (Å²) in [5.74, 6) is 4.46. The van der Waals surface area contributed by atoms with Gasteiger partial charge >= 0.3 is 0 Å². The molecule has 8 heteroatoms. The van der Waals surface area contributed by atoms with Crippen molar-refractivity contribution in [3.8, 4) is 22.9 Å². The van der Waals surface area contributed by atoms with Crippen molar-refractivity contribution in [1.29, 1.82) is 0 Å². The second-order valence-corrected chi connectivity index (χ2v) is 16.3. The highest BCUT2D eigenvalue weighted by Crippen LogP contribution is 2.41. The molecule has 3 N–H and O–H groups in total. The van der Waals surface area contributed by atoms with Crippen molar-refractivity contribution in [1.82, 2.24) is 14.5 Å². The van der Waals surface area contributed by atoms with E-state index in [1.54, 1.807) is 29.9 Å². The van der Waals surface area contributed by atoms with Crippen LogP contribution in [0.2, 0.25) is 16.6 Å². The molecular weight excluding hydrogens is 502 g/mol. The van der Waals surface area contributed by atoms with Crippen LogP contribution in [0, 0.1) is 11.5 Å². The minimum Gasteiger partial charge on any atom is -0.495 e. The molecule has 0 unspecified atom stereocenters. The second kappa shape index (κ2) is 11.3. The summed E-state index contributed by atoms with van der Waals surface area (Å²) in [5.41, 5.74) is 14.0. The van der Waals surface area contributed by atoms with Crippen molar-refractivity contribution in [3.05, 3.63) is 76.7 Å². The lowest BCUT2D eigenvalue weighted by atomic mass is 10.2. The number of aromatic nitrogens is 3. The van der Waals surface area contributed by atoms with Crippen LogP contribution >= 0.6 is 0 Å². The number of nitrogens with zero attached hydrogens (tertiary/aromatic N) is 3.